The Morgan fingerprint density at radius 2 is 1.25 bits per heavy atom. The predicted octanol–water partition coefficient (Wildman–Crippen LogP) is 16.5. The quantitative estimate of drug-likeness (QED) is 0.0221. The number of carbonyl (C=O) groups is 1. The number of benzene rings is 4. The first kappa shape index (κ1) is 72.8. The first-order valence-corrected chi connectivity index (χ1v) is 37.4. The molecule has 0 radical (unpaired) electrons. The second-order valence-electron chi connectivity index (χ2n) is 27.8. The lowest BCUT2D eigenvalue weighted by Crippen LogP contribution is -2.28. The van der Waals surface area contributed by atoms with Gasteiger partial charge in [0.05, 0.1) is 47.7 Å². The fraction of sp³-hybridized carbons (Fsp3) is 0.357. The maximum Gasteiger partial charge on any atom is 0.264 e. The molecule has 4 aromatic carbocycles. The molecule has 0 spiro atoms. The Balaban J connectivity index is 0.809. The molecule has 0 atom stereocenters. The number of hydrogen-bond donors (Lipinski definition) is 2. The monoisotopic (exact) mass is 1380 g/mol. The third-order valence-electron chi connectivity index (χ3n) is 19.3. The Morgan fingerprint density at radius 1 is 0.634 bits per heavy atom. The standard InChI is InChI=1S/C84H97N9O7S/c1-8-9-19-47-92-77-38-30-62(2)51-75(77)83(3,4)79(92)40-33-65-24-23-25-66(34-41-80-84(5,6)76-55-73(98-7)37-39-78(76)93(80)48-20-22-50-101(95,96)97)81(65)100-72-35-31-67(32-36-72)82(94)89-46-18-21-49-99-74-53-63(56-90(58-68-26-10-14-42-85-68)59-69-27-11-15-43-86-69)52-64(54-74)57-91(60-70-28-12-16-44-87-70)61-71-29-13-17-45-88-71/h10-17,26-45,51-55H,8-9,18-25,46-50,56-61H2,1-7H3,(H-,89,94,95,96,97)/p+1. The molecule has 17 heteroatoms. The van der Waals surface area contributed by atoms with E-state index in [0.29, 0.717) is 89.5 Å². The number of unbranched alkanes of at least 4 members (excludes halogenated alkanes) is 4. The number of allylic oxidation sites excluding steroid dienone is 7. The van der Waals surface area contributed by atoms with E-state index in [4.69, 9.17) is 14.2 Å². The predicted molar refractivity (Wildman–Crippen MR) is 402 cm³/mol. The molecule has 0 unspecified atom stereocenters. The third kappa shape index (κ3) is 19.6. The molecular formula is C84H98N9O7S+. The molecular weight excluding hydrogens is 1280 g/mol. The van der Waals surface area contributed by atoms with Crippen molar-refractivity contribution in [1.82, 2.24) is 35.1 Å². The molecule has 3 aliphatic rings. The van der Waals surface area contributed by atoms with Gasteiger partial charge in [-0.15, -0.1) is 0 Å². The summed E-state index contributed by atoms with van der Waals surface area (Å²) in [5.41, 5.74) is 16.4. The number of amides is 1. The minimum atomic E-state index is -4.10. The molecule has 6 heterocycles. The third-order valence-corrected chi connectivity index (χ3v) is 20.1. The number of pyridine rings is 4. The number of carbonyl (C=O) groups excluding carboxylic acids is 1. The number of fused-ring (bicyclic) bond motifs is 2. The van der Waals surface area contributed by atoms with Gasteiger partial charge in [0.1, 0.15) is 29.6 Å². The molecule has 16 nitrogen and oxygen atoms in total. The highest BCUT2D eigenvalue weighted by atomic mass is 32.2. The van der Waals surface area contributed by atoms with Crippen LogP contribution in [0.3, 0.4) is 0 Å². The molecule has 11 rings (SSSR count). The highest BCUT2D eigenvalue weighted by molar-refractivity contribution is 7.85. The van der Waals surface area contributed by atoms with Gasteiger partial charge in [0.15, 0.2) is 5.71 Å². The summed E-state index contributed by atoms with van der Waals surface area (Å²) in [6, 6.07) is 51.1. The van der Waals surface area contributed by atoms with Gasteiger partial charge in [-0.25, -0.2) is 0 Å². The van der Waals surface area contributed by atoms with Crippen LogP contribution in [0.4, 0.5) is 11.4 Å². The number of nitrogens with zero attached hydrogens (tertiary/aromatic N) is 8. The van der Waals surface area contributed by atoms with Gasteiger partial charge in [0.2, 0.25) is 5.69 Å². The number of methoxy groups -OCH3 is 1. The summed E-state index contributed by atoms with van der Waals surface area (Å²) in [6.07, 6.45) is 24.6. The van der Waals surface area contributed by atoms with Crippen molar-refractivity contribution in [3.8, 4) is 17.2 Å². The van der Waals surface area contributed by atoms with E-state index in [-0.39, 0.29) is 17.1 Å². The van der Waals surface area contributed by atoms with E-state index < -0.39 is 15.5 Å². The normalized spacial score (nSPS) is 15.7. The molecule has 8 aromatic rings. The van der Waals surface area contributed by atoms with Crippen LogP contribution in [-0.4, -0.2) is 98.0 Å². The van der Waals surface area contributed by atoms with Crippen molar-refractivity contribution < 1.29 is 36.6 Å². The van der Waals surface area contributed by atoms with E-state index in [9.17, 15) is 17.8 Å². The number of ether oxygens (including phenoxy) is 3. The van der Waals surface area contributed by atoms with Gasteiger partial charge >= 0.3 is 0 Å². The molecule has 0 saturated carbocycles. The van der Waals surface area contributed by atoms with Crippen molar-refractivity contribution in [1.29, 1.82) is 0 Å². The molecule has 1 amide bonds. The Hall–Kier alpha value is -9.39. The Morgan fingerprint density at radius 3 is 1.82 bits per heavy atom. The fourth-order valence-electron chi connectivity index (χ4n) is 14.1. The van der Waals surface area contributed by atoms with E-state index in [0.717, 1.165) is 131 Å². The molecule has 101 heavy (non-hydrogen) atoms. The number of hydrogen-bond acceptors (Lipinski definition) is 13. The number of aromatic nitrogens is 4. The van der Waals surface area contributed by atoms with Gasteiger partial charge in [-0.3, -0.25) is 39.1 Å². The van der Waals surface area contributed by atoms with E-state index in [2.05, 4.69) is 183 Å². The van der Waals surface area contributed by atoms with Crippen LogP contribution in [0.15, 0.2) is 223 Å². The lowest BCUT2D eigenvalue weighted by molar-refractivity contribution is -0.438. The van der Waals surface area contributed by atoms with Crippen LogP contribution in [-0.2, 0) is 60.2 Å². The van der Waals surface area contributed by atoms with E-state index >= 15 is 0 Å². The van der Waals surface area contributed by atoms with Crippen molar-refractivity contribution in [3.05, 3.63) is 280 Å². The molecule has 526 valence electrons. The fourth-order valence-corrected chi connectivity index (χ4v) is 14.6. The first-order valence-electron chi connectivity index (χ1n) is 35.8. The van der Waals surface area contributed by atoms with Crippen LogP contribution in [0.1, 0.15) is 160 Å². The van der Waals surface area contributed by atoms with Crippen molar-refractivity contribution >= 4 is 33.1 Å². The second-order valence-corrected chi connectivity index (χ2v) is 29.4. The molecule has 4 aromatic heterocycles. The van der Waals surface area contributed by atoms with Crippen molar-refractivity contribution in [2.45, 2.75) is 156 Å². The lowest BCUT2D eigenvalue weighted by atomic mass is 9.81. The van der Waals surface area contributed by atoms with Crippen molar-refractivity contribution in [2.75, 3.05) is 44.0 Å². The largest absolute Gasteiger partial charge is 0.497 e. The van der Waals surface area contributed by atoms with Gasteiger partial charge in [0, 0.05) is 124 Å². The van der Waals surface area contributed by atoms with Gasteiger partial charge in [-0.05, 0) is 209 Å². The molecule has 1 aliphatic carbocycles. The maximum atomic E-state index is 13.9. The van der Waals surface area contributed by atoms with Crippen molar-refractivity contribution in [3.63, 3.8) is 0 Å². The number of anilines is 1. The first-order chi connectivity index (χ1) is 48.9. The van der Waals surface area contributed by atoms with Gasteiger partial charge in [0.25, 0.3) is 16.0 Å². The van der Waals surface area contributed by atoms with Crippen molar-refractivity contribution in [2.24, 2.45) is 0 Å². The zero-order valence-electron chi connectivity index (χ0n) is 59.8. The summed E-state index contributed by atoms with van der Waals surface area (Å²) >= 11 is 0. The molecule has 2 N–H and O–H groups in total. The van der Waals surface area contributed by atoms with Crippen LogP contribution in [0.5, 0.6) is 17.2 Å². The smallest absolute Gasteiger partial charge is 0.264 e. The summed E-state index contributed by atoms with van der Waals surface area (Å²) in [5.74, 6) is 2.49. The van der Waals surface area contributed by atoms with Gasteiger partial charge in [-0.2, -0.15) is 13.0 Å². The Kier molecular flexibility index (Phi) is 24.8. The van der Waals surface area contributed by atoms with Gasteiger partial charge < -0.3 is 24.4 Å². The zero-order chi connectivity index (χ0) is 70.8. The molecule has 2 aliphatic heterocycles. The number of nitrogens with one attached hydrogen (secondary N) is 1. The average Bonchev–Trinajstić information content (AvgIpc) is 1.60. The summed E-state index contributed by atoms with van der Waals surface area (Å²) in [6.45, 7) is 19.7. The van der Waals surface area contributed by atoms with Crippen LogP contribution < -0.4 is 24.4 Å². The molecule has 0 bridgehead atoms. The summed E-state index contributed by atoms with van der Waals surface area (Å²) in [4.78, 5) is 39.9. The Bertz CT molecular complexity index is 4200. The zero-order valence-corrected chi connectivity index (χ0v) is 60.6. The Labute approximate surface area is 598 Å². The number of aryl methyl sites for hydroxylation is 1. The summed E-state index contributed by atoms with van der Waals surface area (Å²) in [5, 5.41) is 3.17. The molecule has 0 fully saturated rings. The molecule has 0 saturated heterocycles. The van der Waals surface area contributed by atoms with Crippen LogP contribution in [0.2, 0.25) is 0 Å². The average molecular weight is 1380 g/mol. The minimum Gasteiger partial charge on any atom is -0.497 e. The van der Waals surface area contributed by atoms with E-state index in [1.165, 1.54) is 22.5 Å². The van der Waals surface area contributed by atoms with E-state index in [1.54, 1.807) is 7.11 Å². The summed E-state index contributed by atoms with van der Waals surface area (Å²) in [7, 11) is -2.42. The van der Waals surface area contributed by atoms with Crippen LogP contribution in [0.25, 0.3) is 0 Å². The van der Waals surface area contributed by atoms with E-state index in [1.807, 2.05) is 104 Å². The highest BCUT2D eigenvalue weighted by Crippen LogP contribution is 2.49. The number of rotatable bonds is 34. The maximum absolute atomic E-state index is 13.9. The minimum absolute atomic E-state index is 0.166. The van der Waals surface area contributed by atoms with Crippen LogP contribution >= 0.6 is 0 Å². The SMILES string of the molecule is CCCCCN1C(=CC=C2CCCC(C=CC3=[N+](CCCCS(=O)(=O)O)c4ccc(OC)cc4C3(C)C)=C2Oc2ccc(C(=O)NCCCCOc3cc(CN(Cc4ccccn4)Cc4ccccn4)cc(CN(Cc4ccccn4)Cc4ccccn4)c3)cc2)C(C)(C)c2cc(C)ccc21. The van der Waals surface area contributed by atoms with Gasteiger partial charge in [-0.1, -0.05) is 87.7 Å². The lowest BCUT2D eigenvalue weighted by Gasteiger charge is -2.27. The topological polar surface area (TPSA) is 175 Å². The highest BCUT2D eigenvalue weighted by Gasteiger charge is 2.45. The second kappa shape index (κ2) is 34.3. The van der Waals surface area contributed by atoms with Crippen LogP contribution in [0, 0.1) is 6.92 Å². The summed E-state index contributed by atoms with van der Waals surface area (Å²) < 4.78 is 54.9.